The number of hydrazone groups is 1. The van der Waals surface area contributed by atoms with E-state index in [4.69, 9.17) is 11.6 Å². The van der Waals surface area contributed by atoms with E-state index in [-0.39, 0.29) is 17.6 Å². The third-order valence-electron chi connectivity index (χ3n) is 4.11. The molecule has 7 heteroatoms. The molecule has 1 atom stereocenters. The number of nitrogens with zero attached hydrogens (tertiary/aromatic N) is 3. The van der Waals surface area contributed by atoms with Crippen LogP contribution in [0.15, 0.2) is 53.6 Å². The third kappa shape index (κ3) is 3.53. The normalized spacial score (nSPS) is 16.6. The van der Waals surface area contributed by atoms with Gasteiger partial charge in [-0.2, -0.15) is 5.10 Å². The van der Waals surface area contributed by atoms with Crippen molar-refractivity contribution in [3.63, 3.8) is 0 Å². The van der Waals surface area contributed by atoms with Gasteiger partial charge < -0.3 is 0 Å². The minimum absolute atomic E-state index is 0.00124. The van der Waals surface area contributed by atoms with E-state index in [0.29, 0.717) is 23.4 Å². The summed E-state index contributed by atoms with van der Waals surface area (Å²) in [7, 11) is 0. The molecule has 0 fully saturated rings. The van der Waals surface area contributed by atoms with Gasteiger partial charge in [-0.1, -0.05) is 42.8 Å². The Bertz CT molecular complexity index is 849. The van der Waals surface area contributed by atoms with Crippen molar-refractivity contribution in [2.24, 2.45) is 5.10 Å². The van der Waals surface area contributed by atoms with Crippen LogP contribution in [-0.4, -0.2) is 21.6 Å². The third-order valence-corrected chi connectivity index (χ3v) is 4.36. The van der Waals surface area contributed by atoms with Crippen molar-refractivity contribution in [3.05, 3.63) is 74.8 Å². The van der Waals surface area contributed by atoms with Crippen LogP contribution >= 0.6 is 11.6 Å². The average Bonchev–Trinajstić information content (AvgIpc) is 3.07. The number of rotatable bonds is 4. The molecule has 1 heterocycles. The van der Waals surface area contributed by atoms with E-state index in [1.165, 1.54) is 17.1 Å². The molecule has 1 aliphatic rings. The van der Waals surface area contributed by atoms with Crippen molar-refractivity contribution in [1.82, 2.24) is 5.01 Å². The molecular weight excluding hydrogens is 342 g/mol. The fourth-order valence-electron chi connectivity index (χ4n) is 2.82. The minimum atomic E-state index is -0.439. The highest BCUT2D eigenvalue weighted by Gasteiger charge is 2.32. The maximum absolute atomic E-state index is 12.3. The van der Waals surface area contributed by atoms with Crippen molar-refractivity contribution in [3.8, 4) is 0 Å². The van der Waals surface area contributed by atoms with Gasteiger partial charge in [0.1, 0.15) is 0 Å². The summed E-state index contributed by atoms with van der Waals surface area (Å²) in [5, 5.41) is 17.6. The van der Waals surface area contributed by atoms with Gasteiger partial charge >= 0.3 is 0 Å². The Morgan fingerprint density at radius 2 is 2.04 bits per heavy atom. The van der Waals surface area contributed by atoms with E-state index in [1.54, 1.807) is 31.2 Å². The lowest BCUT2D eigenvalue weighted by atomic mass is 9.98. The van der Waals surface area contributed by atoms with E-state index in [0.717, 1.165) is 11.3 Å². The molecule has 0 aromatic heterocycles. The molecule has 1 amide bonds. The van der Waals surface area contributed by atoms with Crippen molar-refractivity contribution < 1.29 is 9.72 Å². The number of non-ortho nitro benzene ring substituents is 1. The molecule has 2 aromatic carbocycles. The van der Waals surface area contributed by atoms with Crippen LogP contribution < -0.4 is 0 Å². The molecule has 25 heavy (non-hydrogen) atoms. The monoisotopic (exact) mass is 357 g/mol. The second-order valence-electron chi connectivity index (χ2n) is 5.72. The van der Waals surface area contributed by atoms with Gasteiger partial charge in [-0.15, -0.1) is 0 Å². The first-order valence-corrected chi connectivity index (χ1v) is 8.27. The predicted octanol–water partition coefficient (Wildman–Crippen LogP) is 4.34. The van der Waals surface area contributed by atoms with Crippen molar-refractivity contribution >= 4 is 28.9 Å². The Morgan fingerprint density at radius 3 is 2.68 bits per heavy atom. The Morgan fingerprint density at radius 1 is 1.32 bits per heavy atom. The number of nitro benzene ring substituents is 1. The molecule has 6 nitrogen and oxygen atoms in total. The molecular formula is C18H16ClN3O3. The lowest BCUT2D eigenvalue weighted by Gasteiger charge is -2.21. The van der Waals surface area contributed by atoms with Gasteiger partial charge in [0.15, 0.2) is 0 Å². The largest absolute Gasteiger partial charge is 0.273 e. The van der Waals surface area contributed by atoms with E-state index < -0.39 is 4.92 Å². The van der Waals surface area contributed by atoms with Crippen LogP contribution in [0.2, 0.25) is 5.02 Å². The van der Waals surface area contributed by atoms with Gasteiger partial charge in [0.05, 0.1) is 16.7 Å². The molecule has 0 aliphatic carbocycles. The summed E-state index contributed by atoms with van der Waals surface area (Å²) in [6, 6.07) is 13.2. The Kier molecular flexibility index (Phi) is 4.81. The molecule has 0 N–H and O–H groups in total. The molecule has 3 rings (SSSR count). The molecule has 0 saturated carbocycles. The maximum Gasteiger partial charge on any atom is 0.269 e. The number of amides is 1. The van der Waals surface area contributed by atoms with E-state index in [9.17, 15) is 14.9 Å². The number of halogens is 1. The first kappa shape index (κ1) is 17.1. The second-order valence-corrected chi connectivity index (χ2v) is 6.15. The summed E-state index contributed by atoms with van der Waals surface area (Å²) < 4.78 is 0. The number of carbonyl (C=O) groups excluding carboxylic acids is 1. The summed E-state index contributed by atoms with van der Waals surface area (Å²) in [5.41, 5.74) is 2.34. The van der Waals surface area contributed by atoms with Crippen molar-refractivity contribution in [2.45, 2.75) is 25.8 Å². The number of hydrogen-bond acceptors (Lipinski definition) is 4. The van der Waals surface area contributed by atoms with Crippen LogP contribution in [0.4, 0.5) is 5.69 Å². The standard InChI is InChI=1S/C18H16ClN3O3/c1-2-18(23)21-17(13-4-3-5-15(10-13)22(24)25)11-16(20-21)12-6-8-14(19)9-7-12/h3-10,17H,2,11H2,1H3/t17-/m0/s1. The SMILES string of the molecule is CCC(=O)N1N=C(c2ccc(Cl)cc2)C[C@H]1c1cccc([N+](=O)[O-])c1. The van der Waals surface area contributed by atoms with Gasteiger partial charge in [0.2, 0.25) is 5.91 Å². The zero-order valence-corrected chi connectivity index (χ0v) is 14.3. The molecule has 0 spiro atoms. The lowest BCUT2D eigenvalue weighted by molar-refractivity contribution is -0.384. The van der Waals surface area contributed by atoms with Gasteiger partial charge in [-0.05, 0) is 23.3 Å². The first-order chi connectivity index (χ1) is 12.0. The zero-order valence-electron chi connectivity index (χ0n) is 13.6. The molecule has 0 bridgehead atoms. The van der Waals surface area contributed by atoms with Gasteiger partial charge in [-0.3, -0.25) is 14.9 Å². The van der Waals surface area contributed by atoms with Crippen LogP contribution in [0.1, 0.15) is 36.9 Å². The highest BCUT2D eigenvalue weighted by Crippen LogP contribution is 2.34. The summed E-state index contributed by atoms with van der Waals surface area (Å²) in [6.45, 7) is 1.77. The fraction of sp³-hybridized carbons (Fsp3) is 0.222. The van der Waals surface area contributed by atoms with E-state index in [2.05, 4.69) is 5.10 Å². The average molecular weight is 358 g/mol. The smallest absolute Gasteiger partial charge is 0.269 e. The molecule has 2 aromatic rings. The summed E-state index contributed by atoms with van der Waals surface area (Å²) >= 11 is 5.92. The molecule has 0 radical (unpaired) electrons. The predicted molar refractivity (Wildman–Crippen MR) is 95.6 cm³/mol. The minimum Gasteiger partial charge on any atom is -0.273 e. The second kappa shape index (κ2) is 7.03. The Balaban J connectivity index is 1.96. The highest BCUT2D eigenvalue weighted by molar-refractivity contribution is 6.30. The number of benzene rings is 2. The van der Waals surface area contributed by atoms with Crippen LogP contribution in [0.25, 0.3) is 0 Å². The quantitative estimate of drug-likeness (QED) is 0.603. The fourth-order valence-corrected chi connectivity index (χ4v) is 2.95. The van der Waals surface area contributed by atoms with E-state index in [1.807, 2.05) is 12.1 Å². The number of nitro groups is 1. The van der Waals surface area contributed by atoms with Crippen LogP contribution in [0.5, 0.6) is 0 Å². The Labute approximate surface area is 149 Å². The summed E-state index contributed by atoms with van der Waals surface area (Å²) in [6.07, 6.45) is 0.803. The van der Waals surface area contributed by atoms with Crippen LogP contribution in [-0.2, 0) is 4.79 Å². The summed E-state index contributed by atoms with van der Waals surface area (Å²) in [4.78, 5) is 22.9. The molecule has 0 saturated heterocycles. The summed E-state index contributed by atoms with van der Waals surface area (Å²) in [5.74, 6) is -0.125. The highest BCUT2D eigenvalue weighted by atomic mass is 35.5. The lowest BCUT2D eigenvalue weighted by Crippen LogP contribution is -2.26. The number of carbonyl (C=O) groups is 1. The zero-order chi connectivity index (χ0) is 18.0. The molecule has 1 aliphatic heterocycles. The van der Waals surface area contributed by atoms with Gasteiger partial charge in [0.25, 0.3) is 5.69 Å². The van der Waals surface area contributed by atoms with E-state index >= 15 is 0 Å². The van der Waals surface area contributed by atoms with Gasteiger partial charge in [0, 0.05) is 30.0 Å². The van der Waals surface area contributed by atoms with Crippen molar-refractivity contribution in [1.29, 1.82) is 0 Å². The van der Waals surface area contributed by atoms with Crippen molar-refractivity contribution in [2.75, 3.05) is 0 Å². The van der Waals surface area contributed by atoms with Crippen LogP contribution in [0.3, 0.4) is 0 Å². The molecule has 128 valence electrons. The van der Waals surface area contributed by atoms with Crippen LogP contribution in [0, 0.1) is 10.1 Å². The maximum atomic E-state index is 12.3. The first-order valence-electron chi connectivity index (χ1n) is 7.89. The topological polar surface area (TPSA) is 75.8 Å². The number of hydrogen-bond donors (Lipinski definition) is 0. The molecule has 0 unspecified atom stereocenters. The Hall–Kier alpha value is -2.73. The van der Waals surface area contributed by atoms with Gasteiger partial charge in [-0.25, -0.2) is 5.01 Å².